The molecule has 1 aromatic heterocycles. The van der Waals surface area contributed by atoms with E-state index in [1.807, 2.05) is 20.9 Å². The number of rotatable bonds is 3. The Morgan fingerprint density at radius 3 is 2.40 bits per heavy atom. The second-order valence-electron chi connectivity index (χ2n) is 7.07. The van der Waals surface area contributed by atoms with Gasteiger partial charge in [-0.25, -0.2) is 0 Å². The molecule has 0 radical (unpaired) electrons. The monoisotopic (exact) mass is 277 g/mol. The lowest BCUT2D eigenvalue weighted by Crippen LogP contribution is -2.37. The molecule has 2 atom stereocenters. The fourth-order valence-corrected chi connectivity index (χ4v) is 3.58. The molecule has 1 fully saturated rings. The molecule has 0 spiro atoms. The fraction of sp³-hybridized carbons (Fsp3) is 0.750. The van der Waals surface area contributed by atoms with Gasteiger partial charge in [0.2, 0.25) is 0 Å². The molecule has 0 amide bonds. The standard InChI is InChI=1S/C16H27N3O/c1-10-8-12(11(2)19-18-10)14(17-7)13-9-15(3,4)20-16(13,5)6/h8,13-14,17H,9H2,1-7H3. The molecule has 1 aromatic rings. The van der Waals surface area contributed by atoms with Gasteiger partial charge in [-0.05, 0) is 66.6 Å². The lowest BCUT2D eigenvalue weighted by atomic mass is 9.78. The zero-order valence-corrected chi connectivity index (χ0v) is 13.7. The van der Waals surface area contributed by atoms with Gasteiger partial charge in [0.15, 0.2) is 0 Å². The molecular formula is C16H27N3O. The van der Waals surface area contributed by atoms with Gasteiger partial charge in [0, 0.05) is 12.0 Å². The van der Waals surface area contributed by atoms with E-state index in [-0.39, 0.29) is 17.2 Å². The van der Waals surface area contributed by atoms with Crippen LogP contribution in [-0.4, -0.2) is 28.4 Å². The first-order chi connectivity index (χ1) is 9.16. The Balaban J connectivity index is 2.40. The van der Waals surface area contributed by atoms with Gasteiger partial charge in [0.05, 0.1) is 22.6 Å². The van der Waals surface area contributed by atoms with E-state index < -0.39 is 0 Å². The molecule has 2 heterocycles. The Bertz CT molecular complexity index is 496. The summed E-state index contributed by atoms with van der Waals surface area (Å²) in [6.45, 7) is 12.7. The van der Waals surface area contributed by atoms with Crippen LogP contribution in [0, 0.1) is 19.8 Å². The van der Waals surface area contributed by atoms with Gasteiger partial charge in [-0.2, -0.15) is 10.2 Å². The highest BCUT2D eigenvalue weighted by Gasteiger charge is 2.49. The Hall–Kier alpha value is -1.00. The summed E-state index contributed by atoms with van der Waals surface area (Å²) in [6, 6.07) is 2.38. The zero-order chi connectivity index (χ0) is 15.1. The summed E-state index contributed by atoms with van der Waals surface area (Å²) in [5, 5.41) is 11.9. The average Bonchev–Trinajstić information content (AvgIpc) is 2.53. The molecule has 0 aliphatic carbocycles. The number of nitrogens with one attached hydrogen (secondary N) is 1. The number of hydrogen-bond donors (Lipinski definition) is 1. The Kier molecular flexibility index (Phi) is 3.91. The lowest BCUT2D eigenvalue weighted by molar-refractivity contribution is -0.0777. The van der Waals surface area contributed by atoms with Crippen LogP contribution in [0.15, 0.2) is 6.07 Å². The molecule has 1 aliphatic rings. The third-order valence-corrected chi connectivity index (χ3v) is 4.33. The van der Waals surface area contributed by atoms with Crippen molar-refractivity contribution in [1.82, 2.24) is 15.5 Å². The predicted octanol–water partition coefficient (Wildman–Crippen LogP) is 2.95. The maximum atomic E-state index is 6.25. The minimum atomic E-state index is -0.152. The second-order valence-corrected chi connectivity index (χ2v) is 7.07. The minimum Gasteiger partial charge on any atom is -0.369 e. The third-order valence-electron chi connectivity index (χ3n) is 4.33. The molecule has 20 heavy (non-hydrogen) atoms. The summed E-state index contributed by atoms with van der Waals surface area (Å²) in [5.41, 5.74) is 2.96. The first kappa shape index (κ1) is 15.4. The Morgan fingerprint density at radius 1 is 1.25 bits per heavy atom. The van der Waals surface area contributed by atoms with Gasteiger partial charge in [0.25, 0.3) is 0 Å². The van der Waals surface area contributed by atoms with Gasteiger partial charge in [-0.3, -0.25) is 0 Å². The van der Waals surface area contributed by atoms with Crippen molar-refractivity contribution in [2.45, 2.75) is 65.2 Å². The molecule has 0 saturated carbocycles. The van der Waals surface area contributed by atoms with Crippen LogP contribution < -0.4 is 5.32 Å². The van der Waals surface area contributed by atoms with Crippen LogP contribution in [0.5, 0.6) is 0 Å². The van der Waals surface area contributed by atoms with Crippen LogP contribution in [0.4, 0.5) is 0 Å². The molecule has 1 N–H and O–H groups in total. The largest absolute Gasteiger partial charge is 0.369 e. The number of nitrogens with zero attached hydrogens (tertiary/aromatic N) is 2. The first-order valence-corrected chi connectivity index (χ1v) is 7.34. The molecule has 4 nitrogen and oxygen atoms in total. The van der Waals surface area contributed by atoms with E-state index in [0.717, 1.165) is 17.8 Å². The van der Waals surface area contributed by atoms with Crippen molar-refractivity contribution in [3.05, 3.63) is 23.0 Å². The highest BCUT2D eigenvalue weighted by atomic mass is 16.5. The molecule has 4 heteroatoms. The fourth-order valence-electron chi connectivity index (χ4n) is 3.58. The number of ether oxygens (including phenoxy) is 1. The topological polar surface area (TPSA) is 47.0 Å². The van der Waals surface area contributed by atoms with Crippen molar-refractivity contribution in [2.75, 3.05) is 7.05 Å². The van der Waals surface area contributed by atoms with Crippen molar-refractivity contribution in [3.8, 4) is 0 Å². The SMILES string of the molecule is CNC(c1cc(C)nnc1C)C1CC(C)(C)OC1(C)C. The third kappa shape index (κ3) is 2.86. The van der Waals surface area contributed by atoms with E-state index in [9.17, 15) is 0 Å². The summed E-state index contributed by atoms with van der Waals surface area (Å²) in [5.74, 6) is 0.407. The van der Waals surface area contributed by atoms with Gasteiger partial charge in [-0.1, -0.05) is 0 Å². The van der Waals surface area contributed by atoms with Crippen LogP contribution in [-0.2, 0) is 4.74 Å². The van der Waals surface area contributed by atoms with Crippen molar-refractivity contribution in [3.63, 3.8) is 0 Å². The minimum absolute atomic E-state index is 0.0767. The highest BCUT2D eigenvalue weighted by molar-refractivity contribution is 5.26. The van der Waals surface area contributed by atoms with Crippen molar-refractivity contribution < 1.29 is 4.74 Å². The highest BCUT2D eigenvalue weighted by Crippen LogP contribution is 2.47. The molecule has 112 valence electrons. The zero-order valence-electron chi connectivity index (χ0n) is 13.7. The van der Waals surface area contributed by atoms with Gasteiger partial charge < -0.3 is 10.1 Å². The molecule has 1 aliphatic heterocycles. The van der Waals surface area contributed by atoms with E-state index in [1.54, 1.807) is 0 Å². The average molecular weight is 277 g/mol. The van der Waals surface area contributed by atoms with Gasteiger partial charge >= 0.3 is 0 Å². The van der Waals surface area contributed by atoms with Crippen molar-refractivity contribution in [1.29, 1.82) is 0 Å². The van der Waals surface area contributed by atoms with E-state index >= 15 is 0 Å². The molecule has 0 bridgehead atoms. The molecule has 0 aromatic carbocycles. The number of aromatic nitrogens is 2. The number of aryl methyl sites for hydroxylation is 2. The van der Waals surface area contributed by atoms with E-state index in [0.29, 0.717) is 5.92 Å². The normalized spacial score (nSPS) is 25.6. The van der Waals surface area contributed by atoms with Crippen LogP contribution in [0.1, 0.15) is 57.1 Å². The summed E-state index contributed by atoms with van der Waals surface area (Å²) < 4.78 is 6.25. The van der Waals surface area contributed by atoms with E-state index in [4.69, 9.17) is 4.74 Å². The quantitative estimate of drug-likeness (QED) is 0.922. The molecule has 2 unspecified atom stereocenters. The van der Waals surface area contributed by atoms with Gasteiger partial charge in [-0.15, -0.1) is 0 Å². The maximum Gasteiger partial charge on any atom is 0.0681 e. The summed E-state index contributed by atoms with van der Waals surface area (Å²) in [7, 11) is 2.02. The second kappa shape index (κ2) is 5.08. The van der Waals surface area contributed by atoms with Crippen LogP contribution in [0.3, 0.4) is 0 Å². The van der Waals surface area contributed by atoms with Crippen LogP contribution >= 0.6 is 0 Å². The Morgan fingerprint density at radius 2 is 1.90 bits per heavy atom. The van der Waals surface area contributed by atoms with E-state index in [2.05, 4.69) is 49.3 Å². The molecule has 2 rings (SSSR count). The molecule has 1 saturated heterocycles. The maximum absolute atomic E-state index is 6.25. The smallest absolute Gasteiger partial charge is 0.0681 e. The molecular weight excluding hydrogens is 250 g/mol. The first-order valence-electron chi connectivity index (χ1n) is 7.34. The summed E-state index contributed by atoms with van der Waals surface area (Å²) in [6.07, 6.45) is 1.03. The Labute approximate surface area is 122 Å². The number of hydrogen-bond acceptors (Lipinski definition) is 4. The summed E-state index contributed by atoms with van der Waals surface area (Å²) >= 11 is 0. The van der Waals surface area contributed by atoms with Crippen LogP contribution in [0.2, 0.25) is 0 Å². The van der Waals surface area contributed by atoms with Crippen LogP contribution in [0.25, 0.3) is 0 Å². The van der Waals surface area contributed by atoms with Crippen molar-refractivity contribution in [2.24, 2.45) is 5.92 Å². The lowest BCUT2D eigenvalue weighted by Gasteiger charge is -2.33. The predicted molar refractivity (Wildman–Crippen MR) is 80.7 cm³/mol. The summed E-state index contributed by atoms with van der Waals surface area (Å²) in [4.78, 5) is 0. The van der Waals surface area contributed by atoms with Crippen molar-refractivity contribution >= 4 is 0 Å². The van der Waals surface area contributed by atoms with Gasteiger partial charge in [0.1, 0.15) is 0 Å². The van der Waals surface area contributed by atoms with E-state index in [1.165, 1.54) is 5.56 Å².